The second-order valence-electron chi connectivity index (χ2n) is 4.86. The van der Waals surface area contributed by atoms with Gasteiger partial charge in [0.2, 0.25) is 0 Å². The van der Waals surface area contributed by atoms with Crippen molar-refractivity contribution in [3.63, 3.8) is 0 Å². The van der Waals surface area contributed by atoms with Crippen LogP contribution in [0.1, 0.15) is 10.4 Å². The first kappa shape index (κ1) is 12.5. The number of pyridine rings is 1. The molecule has 1 N–H and O–H groups in total. The molecule has 5 heteroatoms. The lowest BCUT2D eigenvalue weighted by atomic mass is 10.2. The first-order valence-corrected chi connectivity index (χ1v) is 6.80. The number of carbonyl (C=O) groups is 1. The van der Waals surface area contributed by atoms with Gasteiger partial charge in [-0.2, -0.15) is 0 Å². The van der Waals surface area contributed by atoms with Gasteiger partial charge in [0, 0.05) is 11.6 Å². The van der Waals surface area contributed by atoms with Crippen LogP contribution in [0.2, 0.25) is 0 Å². The maximum absolute atomic E-state index is 12.3. The van der Waals surface area contributed by atoms with Crippen LogP contribution in [-0.2, 0) is 0 Å². The lowest BCUT2D eigenvalue weighted by Crippen LogP contribution is -2.08. The third kappa shape index (κ3) is 2.09. The van der Waals surface area contributed by atoms with Gasteiger partial charge in [-0.3, -0.25) is 4.98 Å². The Bertz CT molecular complexity index is 986. The molecular formula is C17H11N3O2. The summed E-state index contributed by atoms with van der Waals surface area (Å²) >= 11 is 0. The second kappa shape index (κ2) is 4.96. The van der Waals surface area contributed by atoms with Crippen LogP contribution in [0.5, 0.6) is 5.75 Å². The van der Waals surface area contributed by atoms with Gasteiger partial charge in [-0.15, -0.1) is 0 Å². The van der Waals surface area contributed by atoms with Gasteiger partial charge < -0.3 is 9.72 Å². The number of H-pyrrole nitrogens is 1. The normalized spacial score (nSPS) is 10.9. The molecule has 0 saturated carbocycles. The smallest absolute Gasteiger partial charge is 0.343 e. The highest BCUT2D eigenvalue weighted by atomic mass is 16.5. The lowest BCUT2D eigenvalue weighted by Gasteiger charge is -2.07. The summed E-state index contributed by atoms with van der Waals surface area (Å²) in [5, 5.41) is 0.928. The first-order chi connectivity index (χ1) is 10.8. The highest BCUT2D eigenvalue weighted by molar-refractivity contribution is 5.96. The molecule has 0 aliphatic heterocycles. The van der Waals surface area contributed by atoms with E-state index in [1.165, 1.54) is 0 Å². The van der Waals surface area contributed by atoms with Gasteiger partial charge in [0.05, 0.1) is 22.9 Å². The van der Waals surface area contributed by atoms with Gasteiger partial charge in [-0.25, -0.2) is 9.78 Å². The van der Waals surface area contributed by atoms with E-state index >= 15 is 0 Å². The number of nitrogens with zero attached hydrogens (tertiary/aromatic N) is 2. The van der Waals surface area contributed by atoms with Crippen LogP contribution in [0, 0.1) is 0 Å². The number of hydrogen-bond acceptors (Lipinski definition) is 4. The summed E-state index contributed by atoms with van der Waals surface area (Å²) in [5.74, 6) is 0.0301. The number of hydrogen-bond donors (Lipinski definition) is 1. The van der Waals surface area contributed by atoms with Crippen molar-refractivity contribution in [2.75, 3.05) is 0 Å². The molecule has 0 saturated heterocycles. The Kier molecular flexibility index (Phi) is 2.83. The average molecular weight is 289 g/mol. The molecule has 0 unspecified atom stereocenters. The summed E-state index contributed by atoms with van der Waals surface area (Å²) in [6.45, 7) is 0. The Labute approximate surface area is 125 Å². The van der Waals surface area contributed by atoms with Crippen molar-refractivity contribution in [3.05, 3.63) is 66.6 Å². The number of fused-ring (bicyclic) bond motifs is 2. The second-order valence-corrected chi connectivity index (χ2v) is 4.86. The van der Waals surface area contributed by atoms with E-state index in [4.69, 9.17) is 4.74 Å². The van der Waals surface area contributed by atoms with Gasteiger partial charge in [0.15, 0.2) is 5.75 Å². The Morgan fingerprint density at radius 1 is 1.05 bits per heavy atom. The number of aromatic amines is 1. The number of benzene rings is 2. The van der Waals surface area contributed by atoms with Crippen LogP contribution in [0.15, 0.2) is 61.1 Å². The molecule has 2 heterocycles. The van der Waals surface area contributed by atoms with E-state index in [0.29, 0.717) is 16.8 Å². The van der Waals surface area contributed by atoms with Crippen LogP contribution in [0.4, 0.5) is 0 Å². The van der Waals surface area contributed by atoms with Crippen LogP contribution in [0.3, 0.4) is 0 Å². The SMILES string of the molecule is O=C(Oc1cccc2cccnc12)c1ccc2nc[nH]c2c1. The topological polar surface area (TPSA) is 67.9 Å². The Hall–Kier alpha value is -3.21. The quantitative estimate of drug-likeness (QED) is 0.454. The van der Waals surface area contributed by atoms with E-state index in [-0.39, 0.29) is 0 Å². The Balaban J connectivity index is 1.71. The van der Waals surface area contributed by atoms with Crippen molar-refractivity contribution in [2.24, 2.45) is 0 Å². The number of imidazole rings is 1. The largest absolute Gasteiger partial charge is 0.421 e. The predicted octanol–water partition coefficient (Wildman–Crippen LogP) is 3.33. The zero-order valence-corrected chi connectivity index (χ0v) is 11.5. The third-order valence-electron chi connectivity index (χ3n) is 3.45. The minimum Gasteiger partial charge on any atom is -0.421 e. The highest BCUT2D eigenvalue weighted by Crippen LogP contribution is 2.24. The third-order valence-corrected chi connectivity index (χ3v) is 3.45. The van der Waals surface area contributed by atoms with Crippen molar-refractivity contribution in [1.29, 1.82) is 0 Å². The van der Waals surface area contributed by atoms with Crippen LogP contribution in [0.25, 0.3) is 21.9 Å². The van der Waals surface area contributed by atoms with E-state index in [0.717, 1.165) is 16.4 Å². The summed E-state index contributed by atoms with van der Waals surface area (Å²) in [7, 11) is 0. The van der Waals surface area contributed by atoms with Gasteiger partial charge in [0.25, 0.3) is 0 Å². The molecule has 4 aromatic rings. The van der Waals surface area contributed by atoms with Crippen molar-refractivity contribution in [2.45, 2.75) is 0 Å². The standard InChI is InChI=1S/C17H11N3O2/c21-17(12-6-7-13-14(9-12)20-10-19-13)22-15-5-1-3-11-4-2-8-18-16(11)15/h1-10H,(H,19,20). The van der Waals surface area contributed by atoms with E-state index in [9.17, 15) is 4.79 Å². The number of carbonyl (C=O) groups excluding carboxylic acids is 1. The summed E-state index contributed by atoms with van der Waals surface area (Å²) < 4.78 is 5.50. The zero-order chi connectivity index (χ0) is 14.9. The Morgan fingerprint density at radius 2 is 1.95 bits per heavy atom. The number of nitrogens with one attached hydrogen (secondary N) is 1. The number of ether oxygens (including phenoxy) is 1. The lowest BCUT2D eigenvalue weighted by molar-refractivity contribution is 0.0737. The molecule has 0 bridgehead atoms. The summed E-state index contributed by atoms with van der Waals surface area (Å²) in [4.78, 5) is 23.7. The first-order valence-electron chi connectivity index (χ1n) is 6.80. The van der Waals surface area contributed by atoms with E-state index in [1.807, 2.05) is 24.3 Å². The Morgan fingerprint density at radius 3 is 2.91 bits per heavy atom. The number of para-hydroxylation sites is 1. The molecule has 0 aliphatic rings. The predicted molar refractivity (Wildman–Crippen MR) is 82.8 cm³/mol. The summed E-state index contributed by atoms with van der Waals surface area (Å²) in [5.41, 5.74) is 2.74. The molecule has 2 aromatic heterocycles. The maximum Gasteiger partial charge on any atom is 0.343 e. The van der Waals surface area contributed by atoms with Crippen LogP contribution >= 0.6 is 0 Å². The minimum atomic E-state index is -0.422. The molecule has 0 atom stereocenters. The van der Waals surface area contributed by atoms with Gasteiger partial charge in [0.1, 0.15) is 5.52 Å². The zero-order valence-electron chi connectivity index (χ0n) is 11.5. The molecule has 5 nitrogen and oxygen atoms in total. The van der Waals surface area contributed by atoms with Crippen molar-refractivity contribution >= 4 is 27.9 Å². The molecule has 0 radical (unpaired) electrons. The van der Waals surface area contributed by atoms with Gasteiger partial charge in [-0.05, 0) is 30.3 Å². The number of rotatable bonds is 2. The average Bonchev–Trinajstić information content (AvgIpc) is 3.02. The molecule has 2 aromatic carbocycles. The molecule has 106 valence electrons. The van der Waals surface area contributed by atoms with Crippen molar-refractivity contribution in [3.8, 4) is 5.75 Å². The number of esters is 1. The van der Waals surface area contributed by atoms with Crippen LogP contribution in [-0.4, -0.2) is 20.9 Å². The molecular weight excluding hydrogens is 278 g/mol. The monoisotopic (exact) mass is 289 g/mol. The van der Waals surface area contributed by atoms with Gasteiger partial charge >= 0.3 is 5.97 Å². The van der Waals surface area contributed by atoms with Crippen molar-refractivity contribution < 1.29 is 9.53 Å². The van der Waals surface area contributed by atoms with Gasteiger partial charge in [-0.1, -0.05) is 18.2 Å². The fourth-order valence-corrected chi connectivity index (χ4v) is 2.38. The number of aromatic nitrogens is 3. The highest BCUT2D eigenvalue weighted by Gasteiger charge is 2.12. The summed E-state index contributed by atoms with van der Waals surface area (Å²) in [6.07, 6.45) is 3.27. The maximum atomic E-state index is 12.3. The van der Waals surface area contributed by atoms with Crippen molar-refractivity contribution in [1.82, 2.24) is 15.0 Å². The fourth-order valence-electron chi connectivity index (χ4n) is 2.38. The van der Waals surface area contributed by atoms with E-state index in [2.05, 4.69) is 15.0 Å². The molecule has 0 aliphatic carbocycles. The molecule has 0 amide bonds. The van der Waals surface area contributed by atoms with E-state index < -0.39 is 5.97 Å². The van der Waals surface area contributed by atoms with Crippen LogP contribution < -0.4 is 4.74 Å². The molecule has 22 heavy (non-hydrogen) atoms. The molecule has 0 spiro atoms. The molecule has 4 rings (SSSR count). The summed E-state index contributed by atoms with van der Waals surface area (Å²) in [6, 6.07) is 14.5. The fraction of sp³-hybridized carbons (Fsp3) is 0. The van der Waals surface area contributed by atoms with E-state index in [1.54, 1.807) is 36.8 Å². The molecule has 0 fully saturated rings. The minimum absolute atomic E-state index is 0.422.